The van der Waals surface area contributed by atoms with E-state index in [2.05, 4.69) is 0 Å². The number of benzene rings is 1. The van der Waals surface area contributed by atoms with Crippen molar-refractivity contribution >= 4 is 49.7 Å². The van der Waals surface area contributed by atoms with Gasteiger partial charge in [0, 0.05) is 24.6 Å². The molecule has 1 aromatic heterocycles. The third-order valence-electron chi connectivity index (χ3n) is 1.96. The average Bonchev–Trinajstić information content (AvgIpc) is 2.46. The van der Waals surface area contributed by atoms with E-state index in [0.717, 1.165) is 10.1 Å². The summed E-state index contributed by atoms with van der Waals surface area (Å²) in [5, 5.41) is 2.64. The van der Waals surface area contributed by atoms with Gasteiger partial charge >= 0.3 is 0 Å². The van der Waals surface area contributed by atoms with Gasteiger partial charge in [-0.1, -0.05) is 0 Å². The number of alkyl halides is 2. The number of halogens is 3. The summed E-state index contributed by atoms with van der Waals surface area (Å²) >= 11 is 3.30. The van der Waals surface area contributed by atoms with Crippen molar-refractivity contribution in [3.05, 3.63) is 26.6 Å². The minimum Gasteiger partial charge on any atom is -0.398 e. The first kappa shape index (κ1) is 10.1. The lowest BCUT2D eigenvalue weighted by atomic mass is 10.2. The van der Waals surface area contributed by atoms with Crippen molar-refractivity contribution in [2.45, 2.75) is 6.43 Å². The summed E-state index contributed by atoms with van der Waals surface area (Å²) in [6.45, 7) is 0. The van der Waals surface area contributed by atoms with Crippen LogP contribution >= 0.6 is 33.9 Å². The van der Waals surface area contributed by atoms with Crippen molar-refractivity contribution in [2.24, 2.45) is 0 Å². The molecule has 1 heterocycles. The van der Waals surface area contributed by atoms with Gasteiger partial charge in [-0.2, -0.15) is 0 Å². The Labute approximate surface area is 97.1 Å². The molecule has 0 spiro atoms. The molecular formula is C9H6F2INS. The highest BCUT2D eigenvalue weighted by atomic mass is 127. The SMILES string of the molecule is Nc1csc2cc(C(F)F)c(I)cc12. The molecule has 0 saturated heterocycles. The monoisotopic (exact) mass is 325 g/mol. The molecule has 0 unspecified atom stereocenters. The van der Waals surface area contributed by atoms with Crippen LogP contribution in [0.2, 0.25) is 0 Å². The van der Waals surface area contributed by atoms with Crippen LogP contribution in [0.25, 0.3) is 10.1 Å². The summed E-state index contributed by atoms with van der Waals surface area (Å²) < 4.78 is 26.4. The zero-order valence-electron chi connectivity index (χ0n) is 6.93. The number of hydrogen-bond donors (Lipinski definition) is 1. The quantitative estimate of drug-likeness (QED) is 0.787. The van der Waals surface area contributed by atoms with Gasteiger partial charge in [0.1, 0.15) is 0 Å². The number of nitrogen functional groups attached to an aromatic ring is 1. The molecule has 0 atom stereocenters. The summed E-state index contributed by atoms with van der Waals surface area (Å²) in [4.78, 5) is 0. The maximum Gasteiger partial charge on any atom is 0.264 e. The van der Waals surface area contributed by atoms with Crippen molar-refractivity contribution in [1.29, 1.82) is 0 Å². The van der Waals surface area contributed by atoms with E-state index in [-0.39, 0.29) is 5.56 Å². The van der Waals surface area contributed by atoms with Crippen LogP contribution in [0.5, 0.6) is 0 Å². The standard InChI is InChI=1S/C9H6F2INS/c10-9(11)4-2-8-5(1-6(4)12)7(13)3-14-8/h1-3,9H,13H2. The number of fused-ring (bicyclic) bond motifs is 1. The zero-order chi connectivity index (χ0) is 10.3. The van der Waals surface area contributed by atoms with E-state index in [1.54, 1.807) is 11.4 Å². The van der Waals surface area contributed by atoms with Crippen LogP contribution in [0.3, 0.4) is 0 Å². The molecule has 0 radical (unpaired) electrons. The Morgan fingerprint density at radius 1 is 1.36 bits per heavy atom. The van der Waals surface area contributed by atoms with Gasteiger partial charge < -0.3 is 5.73 Å². The maximum atomic E-state index is 12.5. The van der Waals surface area contributed by atoms with Crippen LogP contribution in [-0.2, 0) is 0 Å². The molecule has 1 aromatic carbocycles. The van der Waals surface area contributed by atoms with Crippen LogP contribution in [0, 0.1) is 3.57 Å². The Morgan fingerprint density at radius 3 is 2.71 bits per heavy atom. The lowest BCUT2D eigenvalue weighted by molar-refractivity contribution is 0.150. The van der Waals surface area contributed by atoms with E-state index in [4.69, 9.17) is 5.73 Å². The molecule has 5 heteroatoms. The molecule has 0 aliphatic carbocycles. The normalized spacial score (nSPS) is 11.4. The number of anilines is 1. The molecule has 0 saturated carbocycles. The highest BCUT2D eigenvalue weighted by molar-refractivity contribution is 14.1. The molecule has 0 amide bonds. The molecule has 2 aromatic rings. The molecule has 2 N–H and O–H groups in total. The van der Waals surface area contributed by atoms with Gasteiger partial charge in [-0.15, -0.1) is 11.3 Å². The molecule has 0 aliphatic heterocycles. The van der Waals surface area contributed by atoms with Gasteiger partial charge in [-0.05, 0) is 34.7 Å². The van der Waals surface area contributed by atoms with Gasteiger partial charge in [0.05, 0.1) is 5.69 Å². The second-order valence-electron chi connectivity index (χ2n) is 2.86. The highest BCUT2D eigenvalue weighted by Crippen LogP contribution is 2.34. The molecule has 2 rings (SSSR count). The lowest BCUT2D eigenvalue weighted by Gasteiger charge is -2.03. The lowest BCUT2D eigenvalue weighted by Crippen LogP contribution is -1.89. The van der Waals surface area contributed by atoms with Crippen molar-refractivity contribution < 1.29 is 8.78 Å². The molecule has 0 aliphatic rings. The first-order valence-electron chi connectivity index (χ1n) is 3.84. The van der Waals surface area contributed by atoms with E-state index in [1.807, 2.05) is 22.6 Å². The Hall–Kier alpha value is -0.430. The number of thiophene rings is 1. The summed E-state index contributed by atoms with van der Waals surface area (Å²) in [6.07, 6.45) is -2.42. The van der Waals surface area contributed by atoms with E-state index in [1.165, 1.54) is 17.4 Å². The summed E-state index contributed by atoms with van der Waals surface area (Å²) in [7, 11) is 0. The minimum absolute atomic E-state index is 0.0833. The third-order valence-corrected chi connectivity index (χ3v) is 3.86. The smallest absolute Gasteiger partial charge is 0.264 e. The number of hydrogen-bond acceptors (Lipinski definition) is 2. The summed E-state index contributed by atoms with van der Waals surface area (Å²) in [6, 6.07) is 3.23. The van der Waals surface area contributed by atoms with Crippen LogP contribution in [0.15, 0.2) is 17.5 Å². The average molecular weight is 325 g/mol. The Balaban J connectivity index is 2.72. The third kappa shape index (κ3) is 1.58. The predicted octanol–water partition coefficient (Wildman–Crippen LogP) is 4.03. The molecule has 14 heavy (non-hydrogen) atoms. The summed E-state index contributed by atoms with van der Waals surface area (Å²) in [5.74, 6) is 0. The summed E-state index contributed by atoms with van der Waals surface area (Å²) in [5.41, 5.74) is 6.43. The zero-order valence-corrected chi connectivity index (χ0v) is 9.90. The minimum atomic E-state index is -2.42. The van der Waals surface area contributed by atoms with Crippen molar-refractivity contribution in [1.82, 2.24) is 0 Å². The van der Waals surface area contributed by atoms with Crippen molar-refractivity contribution in [3.63, 3.8) is 0 Å². The van der Waals surface area contributed by atoms with Crippen LogP contribution < -0.4 is 5.73 Å². The fourth-order valence-electron chi connectivity index (χ4n) is 1.25. The van der Waals surface area contributed by atoms with Gasteiger partial charge in [0.2, 0.25) is 0 Å². The van der Waals surface area contributed by atoms with E-state index < -0.39 is 6.43 Å². The molecule has 74 valence electrons. The molecule has 0 bridgehead atoms. The molecular weight excluding hydrogens is 319 g/mol. The molecule has 1 nitrogen and oxygen atoms in total. The van der Waals surface area contributed by atoms with Crippen molar-refractivity contribution in [2.75, 3.05) is 5.73 Å². The van der Waals surface area contributed by atoms with Gasteiger partial charge in [0.15, 0.2) is 0 Å². The van der Waals surface area contributed by atoms with E-state index in [0.29, 0.717) is 9.26 Å². The fraction of sp³-hybridized carbons (Fsp3) is 0.111. The van der Waals surface area contributed by atoms with Crippen LogP contribution in [-0.4, -0.2) is 0 Å². The first-order valence-corrected chi connectivity index (χ1v) is 5.79. The largest absolute Gasteiger partial charge is 0.398 e. The van der Waals surface area contributed by atoms with E-state index >= 15 is 0 Å². The van der Waals surface area contributed by atoms with Crippen molar-refractivity contribution in [3.8, 4) is 0 Å². The van der Waals surface area contributed by atoms with Gasteiger partial charge in [-0.3, -0.25) is 0 Å². The predicted molar refractivity (Wildman–Crippen MR) is 63.9 cm³/mol. The topological polar surface area (TPSA) is 26.0 Å². The highest BCUT2D eigenvalue weighted by Gasteiger charge is 2.13. The van der Waals surface area contributed by atoms with Gasteiger partial charge in [0.25, 0.3) is 6.43 Å². The Kier molecular flexibility index (Phi) is 2.61. The first-order chi connectivity index (χ1) is 6.59. The fourth-order valence-corrected chi connectivity index (χ4v) is 2.83. The van der Waals surface area contributed by atoms with Gasteiger partial charge in [-0.25, -0.2) is 8.78 Å². The molecule has 0 fully saturated rings. The second kappa shape index (κ2) is 3.62. The van der Waals surface area contributed by atoms with Crippen LogP contribution in [0.1, 0.15) is 12.0 Å². The number of nitrogens with two attached hydrogens (primary N) is 1. The Morgan fingerprint density at radius 2 is 2.07 bits per heavy atom. The maximum absolute atomic E-state index is 12.5. The number of rotatable bonds is 1. The van der Waals surface area contributed by atoms with Crippen LogP contribution in [0.4, 0.5) is 14.5 Å². The second-order valence-corrected chi connectivity index (χ2v) is 4.94. The Bertz CT molecular complexity index is 481. The van der Waals surface area contributed by atoms with E-state index in [9.17, 15) is 8.78 Å².